The predicted molar refractivity (Wildman–Crippen MR) is 63.5 cm³/mol. The molecule has 0 N–H and O–H groups in total. The second-order valence-corrected chi connectivity index (χ2v) is 5.09. The maximum atomic E-state index is 8.85. The van der Waals surface area contributed by atoms with Crippen LogP contribution >= 0.6 is 11.3 Å². The molecule has 86 valence electrons. The second kappa shape index (κ2) is 4.76. The first-order valence-electron chi connectivity index (χ1n) is 5.39. The van der Waals surface area contributed by atoms with Crippen molar-refractivity contribution >= 4 is 16.5 Å². The van der Waals surface area contributed by atoms with Gasteiger partial charge in [-0.2, -0.15) is 5.26 Å². The maximum absolute atomic E-state index is 8.85. The Bertz CT molecular complexity index is 388. The Morgan fingerprint density at radius 3 is 2.50 bits per heavy atom. The van der Waals surface area contributed by atoms with Crippen LogP contribution in [-0.4, -0.2) is 47.3 Å². The number of nitriles is 1. The molecule has 0 bridgehead atoms. The van der Waals surface area contributed by atoms with Gasteiger partial charge in [-0.3, -0.25) is 4.90 Å². The number of hydrogen-bond acceptors (Lipinski definition) is 6. The minimum atomic E-state index is 0.0123. The van der Waals surface area contributed by atoms with Crippen molar-refractivity contribution in [3.8, 4) is 6.07 Å². The van der Waals surface area contributed by atoms with Crippen LogP contribution in [0.15, 0.2) is 0 Å². The van der Waals surface area contributed by atoms with Gasteiger partial charge in [-0.15, -0.1) is 10.2 Å². The minimum absolute atomic E-state index is 0.0123. The molecule has 0 aliphatic carbocycles. The van der Waals surface area contributed by atoms with Gasteiger partial charge in [0.1, 0.15) is 5.01 Å². The minimum Gasteiger partial charge on any atom is -0.344 e. The molecule has 0 aromatic carbocycles. The summed E-state index contributed by atoms with van der Waals surface area (Å²) >= 11 is 1.63. The zero-order valence-corrected chi connectivity index (χ0v) is 10.4. The fraction of sp³-hybridized carbons (Fsp3) is 0.700. The van der Waals surface area contributed by atoms with Crippen LogP contribution in [0, 0.1) is 18.3 Å². The Hall–Kier alpha value is -1.19. The third-order valence-corrected chi connectivity index (χ3v) is 3.73. The van der Waals surface area contributed by atoms with Crippen molar-refractivity contribution in [1.82, 2.24) is 15.1 Å². The van der Waals surface area contributed by atoms with Gasteiger partial charge in [0, 0.05) is 26.2 Å². The first-order valence-corrected chi connectivity index (χ1v) is 6.21. The van der Waals surface area contributed by atoms with Gasteiger partial charge in [0.15, 0.2) is 0 Å². The van der Waals surface area contributed by atoms with Crippen molar-refractivity contribution in [2.45, 2.75) is 19.9 Å². The molecule has 0 saturated carbocycles. The van der Waals surface area contributed by atoms with E-state index in [0.29, 0.717) is 0 Å². The molecular formula is C10H15N5S. The zero-order valence-electron chi connectivity index (χ0n) is 9.55. The van der Waals surface area contributed by atoms with Crippen LogP contribution in [0.3, 0.4) is 0 Å². The average molecular weight is 237 g/mol. The quantitative estimate of drug-likeness (QED) is 0.764. The molecule has 6 heteroatoms. The van der Waals surface area contributed by atoms with Gasteiger partial charge >= 0.3 is 0 Å². The molecule has 5 nitrogen and oxygen atoms in total. The van der Waals surface area contributed by atoms with Crippen LogP contribution in [0.4, 0.5) is 5.13 Å². The van der Waals surface area contributed by atoms with Crippen LogP contribution in [0.1, 0.15) is 11.9 Å². The van der Waals surface area contributed by atoms with E-state index in [9.17, 15) is 0 Å². The van der Waals surface area contributed by atoms with E-state index in [4.69, 9.17) is 5.26 Å². The lowest BCUT2D eigenvalue weighted by Gasteiger charge is -2.35. The van der Waals surface area contributed by atoms with Gasteiger partial charge in [0.25, 0.3) is 0 Å². The van der Waals surface area contributed by atoms with E-state index >= 15 is 0 Å². The summed E-state index contributed by atoms with van der Waals surface area (Å²) in [6, 6.07) is 2.29. The Morgan fingerprint density at radius 1 is 1.31 bits per heavy atom. The highest BCUT2D eigenvalue weighted by molar-refractivity contribution is 7.15. The second-order valence-electron chi connectivity index (χ2n) is 3.93. The van der Waals surface area contributed by atoms with Crippen molar-refractivity contribution in [2.75, 3.05) is 31.1 Å². The topological polar surface area (TPSA) is 56.1 Å². The van der Waals surface area contributed by atoms with E-state index in [2.05, 4.69) is 26.1 Å². The van der Waals surface area contributed by atoms with Crippen LogP contribution in [-0.2, 0) is 0 Å². The zero-order chi connectivity index (χ0) is 11.5. The van der Waals surface area contributed by atoms with Gasteiger partial charge in [-0.1, -0.05) is 11.3 Å². The monoisotopic (exact) mass is 237 g/mol. The number of hydrogen-bond donors (Lipinski definition) is 0. The molecule has 1 atom stereocenters. The highest BCUT2D eigenvalue weighted by Gasteiger charge is 2.22. The average Bonchev–Trinajstić information content (AvgIpc) is 2.75. The summed E-state index contributed by atoms with van der Waals surface area (Å²) in [6.45, 7) is 7.63. The Balaban J connectivity index is 1.93. The molecule has 2 heterocycles. The number of piperazine rings is 1. The molecule has 0 amide bonds. The van der Waals surface area contributed by atoms with Crippen LogP contribution < -0.4 is 4.90 Å². The molecule has 1 saturated heterocycles. The molecule has 1 aliphatic heterocycles. The van der Waals surface area contributed by atoms with Gasteiger partial charge < -0.3 is 4.90 Å². The predicted octanol–water partition coefficient (Wildman–Crippen LogP) is 0.881. The van der Waals surface area contributed by atoms with Gasteiger partial charge in [0.05, 0.1) is 12.1 Å². The largest absolute Gasteiger partial charge is 0.344 e. The number of rotatable bonds is 2. The van der Waals surface area contributed by atoms with E-state index in [0.717, 1.165) is 36.3 Å². The van der Waals surface area contributed by atoms with Crippen molar-refractivity contribution in [3.05, 3.63) is 5.01 Å². The normalized spacial score (nSPS) is 19.4. The highest BCUT2D eigenvalue weighted by atomic mass is 32.1. The van der Waals surface area contributed by atoms with E-state index < -0.39 is 0 Å². The molecule has 16 heavy (non-hydrogen) atoms. The lowest BCUT2D eigenvalue weighted by atomic mass is 10.2. The molecule has 1 aromatic heterocycles. The van der Waals surface area contributed by atoms with Crippen molar-refractivity contribution in [2.24, 2.45) is 0 Å². The molecule has 1 fully saturated rings. The van der Waals surface area contributed by atoms with Gasteiger partial charge in [-0.05, 0) is 13.8 Å². The number of aromatic nitrogens is 2. The lowest BCUT2D eigenvalue weighted by molar-refractivity contribution is 0.231. The summed E-state index contributed by atoms with van der Waals surface area (Å²) in [7, 11) is 0. The standard InChI is InChI=1S/C10H15N5S/c1-8(7-11)14-3-5-15(6-4-14)10-13-12-9(2)16-10/h8H,3-6H2,1-2H3. The summed E-state index contributed by atoms with van der Waals surface area (Å²) in [5, 5.41) is 19.0. The Labute approximate surface area is 99.3 Å². The molecule has 1 aromatic rings. The molecule has 2 rings (SSSR count). The first-order chi connectivity index (χ1) is 7.70. The van der Waals surface area contributed by atoms with E-state index in [1.807, 2.05) is 13.8 Å². The fourth-order valence-electron chi connectivity index (χ4n) is 1.80. The molecule has 0 radical (unpaired) electrons. The summed E-state index contributed by atoms with van der Waals surface area (Å²) in [5.74, 6) is 0. The van der Waals surface area contributed by atoms with Crippen molar-refractivity contribution < 1.29 is 0 Å². The van der Waals surface area contributed by atoms with Crippen LogP contribution in [0.5, 0.6) is 0 Å². The first kappa shape index (κ1) is 11.3. The lowest BCUT2D eigenvalue weighted by Crippen LogP contribution is -2.49. The SMILES string of the molecule is Cc1nnc(N2CCN(C(C)C#N)CC2)s1. The summed E-state index contributed by atoms with van der Waals surface area (Å²) in [4.78, 5) is 4.44. The van der Waals surface area contributed by atoms with Crippen molar-refractivity contribution in [3.63, 3.8) is 0 Å². The third kappa shape index (κ3) is 2.31. The summed E-state index contributed by atoms with van der Waals surface area (Å²) in [6.07, 6.45) is 0. The highest BCUT2D eigenvalue weighted by Crippen LogP contribution is 2.21. The van der Waals surface area contributed by atoms with Crippen LogP contribution in [0.25, 0.3) is 0 Å². The fourth-order valence-corrected chi connectivity index (χ4v) is 2.54. The molecule has 1 unspecified atom stereocenters. The molecule has 0 spiro atoms. The number of nitrogens with zero attached hydrogens (tertiary/aromatic N) is 5. The van der Waals surface area contributed by atoms with Crippen LogP contribution in [0.2, 0.25) is 0 Å². The third-order valence-electron chi connectivity index (χ3n) is 2.83. The van der Waals surface area contributed by atoms with Crippen molar-refractivity contribution in [1.29, 1.82) is 5.26 Å². The van der Waals surface area contributed by atoms with E-state index in [1.165, 1.54) is 0 Å². The Kier molecular flexibility index (Phi) is 3.36. The van der Waals surface area contributed by atoms with Gasteiger partial charge in [-0.25, -0.2) is 0 Å². The number of anilines is 1. The van der Waals surface area contributed by atoms with E-state index in [-0.39, 0.29) is 6.04 Å². The smallest absolute Gasteiger partial charge is 0.208 e. The van der Waals surface area contributed by atoms with E-state index in [1.54, 1.807) is 11.3 Å². The molecule has 1 aliphatic rings. The Morgan fingerprint density at radius 2 is 2.00 bits per heavy atom. The molecular weight excluding hydrogens is 222 g/mol. The summed E-state index contributed by atoms with van der Waals surface area (Å²) in [5.41, 5.74) is 0. The number of aryl methyl sites for hydroxylation is 1. The summed E-state index contributed by atoms with van der Waals surface area (Å²) < 4.78 is 0. The van der Waals surface area contributed by atoms with Gasteiger partial charge in [0.2, 0.25) is 5.13 Å². The maximum Gasteiger partial charge on any atom is 0.208 e.